The van der Waals surface area contributed by atoms with E-state index in [0.717, 1.165) is 44.7 Å². The summed E-state index contributed by atoms with van der Waals surface area (Å²) in [4.78, 5) is 0. The number of halogens is 1. The number of ether oxygens (including phenoxy) is 2. The van der Waals surface area contributed by atoms with Crippen LogP contribution in [-0.2, 0) is 9.47 Å². The Morgan fingerprint density at radius 1 is 1.13 bits per heavy atom. The van der Waals surface area contributed by atoms with Crippen LogP contribution in [-0.4, -0.2) is 51.1 Å². The van der Waals surface area contributed by atoms with Crippen LogP contribution in [0.5, 0.6) is 0 Å². The number of nitrogens with one attached hydrogen (secondary N) is 2. The van der Waals surface area contributed by atoms with Gasteiger partial charge in [-0.05, 0) is 37.5 Å². The van der Waals surface area contributed by atoms with Crippen LogP contribution in [0.4, 0.5) is 0 Å². The van der Waals surface area contributed by atoms with E-state index in [1.54, 1.807) is 0 Å². The van der Waals surface area contributed by atoms with Gasteiger partial charge in [0, 0.05) is 25.2 Å². The minimum atomic E-state index is 0. The minimum absolute atomic E-state index is 0. The Hall–Kier alpha value is 0.130. The molecule has 23 heavy (non-hydrogen) atoms. The smallest absolute Gasteiger partial charge is 0.0623 e. The first-order chi connectivity index (χ1) is 10.8. The Balaban J connectivity index is 0.00000192. The van der Waals surface area contributed by atoms with Gasteiger partial charge in [0.2, 0.25) is 0 Å². The van der Waals surface area contributed by atoms with Gasteiger partial charge < -0.3 is 20.1 Å². The summed E-state index contributed by atoms with van der Waals surface area (Å²) in [6, 6.07) is 1.19. The predicted octanol–water partition coefficient (Wildman–Crippen LogP) is 2.75. The maximum atomic E-state index is 6.13. The molecule has 0 radical (unpaired) electrons. The van der Waals surface area contributed by atoms with Gasteiger partial charge in [-0.1, -0.05) is 26.2 Å². The van der Waals surface area contributed by atoms with Crippen molar-refractivity contribution < 1.29 is 9.47 Å². The van der Waals surface area contributed by atoms with E-state index in [2.05, 4.69) is 17.6 Å². The van der Waals surface area contributed by atoms with Crippen LogP contribution in [0.25, 0.3) is 0 Å². The molecule has 136 valence electrons. The molecule has 3 fully saturated rings. The van der Waals surface area contributed by atoms with Crippen LogP contribution in [0.3, 0.4) is 0 Å². The summed E-state index contributed by atoms with van der Waals surface area (Å²) in [7, 11) is 0. The third-order valence-corrected chi connectivity index (χ3v) is 5.91. The molecule has 4 nitrogen and oxygen atoms in total. The van der Waals surface area contributed by atoms with Gasteiger partial charge in [0.1, 0.15) is 0 Å². The van der Waals surface area contributed by atoms with E-state index >= 15 is 0 Å². The maximum absolute atomic E-state index is 6.13. The molecule has 5 atom stereocenters. The second-order valence-electron chi connectivity index (χ2n) is 7.46. The van der Waals surface area contributed by atoms with Crippen molar-refractivity contribution in [3.05, 3.63) is 0 Å². The van der Waals surface area contributed by atoms with Crippen LogP contribution >= 0.6 is 12.4 Å². The van der Waals surface area contributed by atoms with Crippen molar-refractivity contribution in [2.45, 2.75) is 70.1 Å². The highest BCUT2D eigenvalue weighted by molar-refractivity contribution is 5.85. The quantitative estimate of drug-likeness (QED) is 0.726. The van der Waals surface area contributed by atoms with Gasteiger partial charge in [-0.25, -0.2) is 0 Å². The zero-order valence-electron chi connectivity index (χ0n) is 14.6. The Labute approximate surface area is 147 Å². The van der Waals surface area contributed by atoms with E-state index in [0.29, 0.717) is 18.2 Å². The molecule has 5 unspecified atom stereocenters. The Morgan fingerprint density at radius 3 is 2.78 bits per heavy atom. The first-order valence-electron chi connectivity index (χ1n) is 9.50. The molecular weight excluding hydrogens is 312 g/mol. The van der Waals surface area contributed by atoms with Crippen LogP contribution in [0.1, 0.15) is 51.9 Å². The Bertz CT molecular complexity index is 326. The minimum Gasteiger partial charge on any atom is -0.379 e. The molecule has 0 aromatic carbocycles. The van der Waals surface area contributed by atoms with Gasteiger partial charge in [-0.2, -0.15) is 0 Å². The molecule has 3 rings (SSSR count). The van der Waals surface area contributed by atoms with E-state index in [9.17, 15) is 0 Å². The van der Waals surface area contributed by atoms with E-state index in [-0.39, 0.29) is 12.4 Å². The van der Waals surface area contributed by atoms with Crippen LogP contribution < -0.4 is 10.6 Å². The first-order valence-corrected chi connectivity index (χ1v) is 9.50. The monoisotopic (exact) mass is 346 g/mol. The van der Waals surface area contributed by atoms with Gasteiger partial charge in [-0.15, -0.1) is 12.4 Å². The van der Waals surface area contributed by atoms with Gasteiger partial charge in [-0.3, -0.25) is 0 Å². The average molecular weight is 347 g/mol. The predicted molar refractivity (Wildman–Crippen MR) is 96.4 cm³/mol. The van der Waals surface area contributed by atoms with E-state index in [1.807, 2.05) is 0 Å². The normalized spacial score (nSPS) is 38.2. The highest BCUT2D eigenvalue weighted by Gasteiger charge is 2.34. The fourth-order valence-electron chi connectivity index (χ4n) is 4.57. The lowest BCUT2D eigenvalue weighted by molar-refractivity contribution is -0.00486. The molecule has 1 heterocycles. The number of hydrogen-bond donors (Lipinski definition) is 2. The number of morpholine rings is 1. The molecule has 3 aliphatic rings. The van der Waals surface area contributed by atoms with E-state index < -0.39 is 0 Å². The molecular formula is C18H35ClN2O2. The van der Waals surface area contributed by atoms with Gasteiger partial charge >= 0.3 is 0 Å². The van der Waals surface area contributed by atoms with Crippen molar-refractivity contribution in [2.24, 2.45) is 11.8 Å². The van der Waals surface area contributed by atoms with Crippen LogP contribution in [0.15, 0.2) is 0 Å². The zero-order valence-corrected chi connectivity index (χ0v) is 15.4. The lowest BCUT2D eigenvalue weighted by Crippen LogP contribution is -2.51. The van der Waals surface area contributed by atoms with E-state index in [4.69, 9.17) is 9.47 Å². The summed E-state index contributed by atoms with van der Waals surface area (Å²) in [6.07, 6.45) is 9.83. The molecule has 2 N–H and O–H groups in total. The molecule has 0 bridgehead atoms. The summed E-state index contributed by atoms with van der Waals surface area (Å²) >= 11 is 0. The summed E-state index contributed by atoms with van der Waals surface area (Å²) in [5.41, 5.74) is 0. The second-order valence-corrected chi connectivity index (χ2v) is 7.46. The first kappa shape index (κ1) is 19.5. The second kappa shape index (κ2) is 10.2. The average Bonchev–Trinajstić information content (AvgIpc) is 3.02. The molecule has 0 aromatic heterocycles. The molecule has 0 amide bonds. The third kappa shape index (κ3) is 5.57. The molecule has 5 heteroatoms. The lowest BCUT2D eigenvalue weighted by Gasteiger charge is -2.33. The van der Waals surface area contributed by atoms with Crippen LogP contribution in [0, 0.1) is 11.8 Å². The van der Waals surface area contributed by atoms with Crippen molar-refractivity contribution in [1.82, 2.24) is 10.6 Å². The highest BCUT2D eigenvalue weighted by atomic mass is 35.5. The molecule has 1 aliphatic heterocycles. The topological polar surface area (TPSA) is 42.5 Å². The summed E-state index contributed by atoms with van der Waals surface area (Å²) < 4.78 is 11.8. The molecule has 2 saturated carbocycles. The lowest BCUT2D eigenvalue weighted by atomic mass is 9.88. The van der Waals surface area contributed by atoms with Gasteiger partial charge in [0.05, 0.1) is 25.9 Å². The molecule has 0 spiro atoms. The van der Waals surface area contributed by atoms with Gasteiger partial charge in [0.15, 0.2) is 0 Å². The maximum Gasteiger partial charge on any atom is 0.0623 e. The van der Waals surface area contributed by atoms with Crippen molar-refractivity contribution in [3.63, 3.8) is 0 Å². The van der Waals surface area contributed by atoms with Crippen LogP contribution in [0.2, 0.25) is 0 Å². The van der Waals surface area contributed by atoms with E-state index in [1.165, 1.54) is 44.9 Å². The van der Waals surface area contributed by atoms with Crippen molar-refractivity contribution in [3.8, 4) is 0 Å². The third-order valence-electron chi connectivity index (χ3n) is 5.91. The fourth-order valence-corrected chi connectivity index (χ4v) is 4.57. The van der Waals surface area contributed by atoms with Crippen molar-refractivity contribution in [2.75, 3.05) is 32.9 Å². The largest absolute Gasteiger partial charge is 0.379 e. The van der Waals surface area contributed by atoms with Crippen molar-refractivity contribution in [1.29, 1.82) is 0 Å². The Kier molecular flexibility index (Phi) is 8.62. The fraction of sp³-hybridized carbons (Fsp3) is 1.00. The SMILES string of the molecule is CC1CCCCC1OCCNC1CCCC1C1COCCN1.Cl. The molecule has 0 aromatic rings. The standard InChI is InChI=1S/C18H34N2O2.ClH/c1-14-5-2-3-8-18(14)22-12-10-19-16-7-4-6-15(16)17-13-21-11-9-20-17;/h14-20H,2-13H2,1H3;1H. The van der Waals surface area contributed by atoms with Gasteiger partial charge in [0.25, 0.3) is 0 Å². The molecule has 2 aliphatic carbocycles. The highest BCUT2D eigenvalue weighted by Crippen LogP contribution is 2.29. The van der Waals surface area contributed by atoms with Crippen molar-refractivity contribution >= 4 is 12.4 Å². The summed E-state index contributed by atoms with van der Waals surface area (Å²) in [5.74, 6) is 1.48. The Morgan fingerprint density at radius 2 is 2.00 bits per heavy atom. The zero-order chi connectivity index (χ0) is 15.2. The summed E-state index contributed by atoms with van der Waals surface area (Å²) in [6.45, 7) is 6.98. The molecule has 1 saturated heterocycles. The summed E-state index contributed by atoms with van der Waals surface area (Å²) in [5, 5.41) is 7.41. The number of rotatable bonds is 6. The number of hydrogen-bond acceptors (Lipinski definition) is 4.